The van der Waals surface area contributed by atoms with Crippen LogP contribution in [-0.4, -0.2) is 23.3 Å². The van der Waals surface area contributed by atoms with E-state index in [0.717, 1.165) is 5.56 Å². The predicted octanol–water partition coefficient (Wildman–Crippen LogP) is 3.59. The Labute approximate surface area is 151 Å². The topological polar surface area (TPSA) is 73.2 Å². The molecule has 0 atom stereocenters. The van der Waals surface area contributed by atoms with E-state index in [1.807, 2.05) is 24.3 Å². The Morgan fingerprint density at radius 3 is 2.64 bits per heavy atom. The van der Waals surface area contributed by atoms with Crippen LogP contribution in [0.4, 0.5) is 5.69 Å². The van der Waals surface area contributed by atoms with Crippen molar-refractivity contribution in [3.63, 3.8) is 0 Å². The number of nitrogens with zero attached hydrogens (tertiary/aromatic N) is 2. The third kappa shape index (κ3) is 5.63. The molecule has 2 rings (SSSR count). The number of anilines is 1. The fourth-order valence-corrected chi connectivity index (χ4v) is 2.50. The lowest BCUT2D eigenvalue weighted by atomic mass is 10.2. The molecule has 0 bridgehead atoms. The first-order chi connectivity index (χ1) is 12.0. The zero-order valence-corrected chi connectivity index (χ0v) is 14.6. The molecule has 0 saturated heterocycles. The zero-order chi connectivity index (χ0) is 18.2. The van der Waals surface area contributed by atoms with Crippen LogP contribution < -0.4 is 5.32 Å². The van der Waals surface area contributed by atoms with Gasteiger partial charge in [0.15, 0.2) is 0 Å². The summed E-state index contributed by atoms with van der Waals surface area (Å²) < 4.78 is 0. The smallest absolute Gasteiger partial charge is 0.226 e. The van der Waals surface area contributed by atoms with Crippen molar-refractivity contribution < 1.29 is 9.59 Å². The van der Waals surface area contributed by atoms with Crippen molar-refractivity contribution in [2.75, 3.05) is 11.9 Å². The molecular weight excluding hydrogens is 338 g/mol. The molecule has 2 aromatic rings. The highest BCUT2D eigenvalue weighted by atomic mass is 35.5. The summed E-state index contributed by atoms with van der Waals surface area (Å²) in [7, 11) is 0. The first kappa shape index (κ1) is 18.5. The highest BCUT2D eigenvalue weighted by Crippen LogP contribution is 2.17. The second-order valence-electron chi connectivity index (χ2n) is 5.52. The van der Waals surface area contributed by atoms with Crippen molar-refractivity contribution in [2.24, 2.45) is 0 Å². The highest BCUT2D eigenvalue weighted by Gasteiger charge is 2.13. The minimum atomic E-state index is -0.222. The van der Waals surface area contributed by atoms with Gasteiger partial charge in [-0.25, -0.2) is 0 Å². The third-order valence-corrected chi connectivity index (χ3v) is 4.02. The Bertz CT molecular complexity index is 814. The average molecular weight is 356 g/mol. The van der Waals surface area contributed by atoms with Gasteiger partial charge in [-0.2, -0.15) is 5.26 Å². The molecule has 5 nitrogen and oxygen atoms in total. The van der Waals surface area contributed by atoms with E-state index in [1.54, 1.807) is 35.2 Å². The van der Waals surface area contributed by atoms with Gasteiger partial charge in [0.25, 0.3) is 0 Å². The van der Waals surface area contributed by atoms with Gasteiger partial charge in [0.2, 0.25) is 11.8 Å². The van der Waals surface area contributed by atoms with Gasteiger partial charge in [-0.15, -0.1) is 0 Å². The van der Waals surface area contributed by atoms with Gasteiger partial charge in [0.1, 0.15) is 0 Å². The molecule has 0 spiro atoms. The molecule has 2 aromatic carbocycles. The van der Waals surface area contributed by atoms with Crippen LogP contribution in [0.2, 0.25) is 5.02 Å². The molecule has 0 fully saturated rings. The number of halogens is 1. The van der Waals surface area contributed by atoms with Crippen LogP contribution in [0.1, 0.15) is 24.5 Å². The summed E-state index contributed by atoms with van der Waals surface area (Å²) in [5.41, 5.74) is 1.87. The average Bonchev–Trinajstić information content (AvgIpc) is 2.60. The molecule has 1 N–H and O–H groups in total. The molecule has 0 aliphatic heterocycles. The number of carbonyl (C=O) groups excluding carboxylic acids is 2. The largest absolute Gasteiger partial charge is 0.338 e. The van der Waals surface area contributed by atoms with E-state index < -0.39 is 0 Å². The quantitative estimate of drug-likeness (QED) is 0.860. The standard InChI is InChI=1S/C19H18ClN3O2/c1-14(24)23(13-16-6-2-3-8-18(16)20)10-9-19(25)22-17-7-4-5-15(11-17)12-21/h2-8,11H,9-10,13H2,1H3,(H,22,25). The molecule has 0 saturated carbocycles. The van der Waals surface area contributed by atoms with E-state index in [-0.39, 0.29) is 24.8 Å². The Morgan fingerprint density at radius 2 is 1.96 bits per heavy atom. The van der Waals surface area contributed by atoms with Crippen molar-refractivity contribution >= 4 is 29.1 Å². The number of hydrogen-bond donors (Lipinski definition) is 1. The Hall–Kier alpha value is -2.84. The minimum Gasteiger partial charge on any atom is -0.338 e. The van der Waals surface area contributed by atoms with Crippen LogP contribution in [-0.2, 0) is 16.1 Å². The lowest BCUT2D eigenvalue weighted by Crippen LogP contribution is -2.31. The van der Waals surface area contributed by atoms with Crippen LogP contribution in [0, 0.1) is 11.3 Å². The summed E-state index contributed by atoms with van der Waals surface area (Å²) in [6.07, 6.45) is 0.154. The molecular formula is C19H18ClN3O2. The van der Waals surface area contributed by atoms with Crippen molar-refractivity contribution in [1.82, 2.24) is 4.90 Å². The first-order valence-corrected chi connectivity index (χ1v) is 8.16. The molecule has 2 amide bonds. The van der Waals surface area contributed by atoms with Gasteiger partial charge < -0.3 is 10.2 Å². The number of rotatable bonds is 6. The van der Waals surface area contributed by atoms with E-state index in [2.05, 4.69) is 5.32 Å². The normalized spacial score (nSPS) is 9.96. The fourth-order valence-electron chi connectivity index (χ4n) is 2.31. The van der Waals surface area contributed by atoms with E-state index in [1.165, 1.54) is 6.92 Å². The van der Waals surface area contributed by atoms with E-state index in [0.29, 0.717) is 22.8 Å². The van der Waals surface area contributed by atoms with E-state index >= 15 is 0 Å². The number of amides is 2. The summed E-state index contributed by atoms with van der Waals surface area (Å²) in [5, 5.41) is 12.2. The molecule has 128 valence electrons. The Kier molecular flexibility index (Phi) is 6.55. The summed E-state index contributed by atoms with van der Waals surface area (Å²) in [4.78, 5) is 25.5. The third-order valence-electron chi connectivity index (χ3n) is 3.65. The van der Waals surface area contributed by atoms with Gasteiger partial charge in [-0.3, -0.25) is 9.59 Å². The lowest BCUT2D eigenvalue weighted by molar-refractivity contribution is -0.129. The lowest BCUT2D eigenvalue weighted by Gasteiger charge is -2.21. The van der Waals surface area contributed by atoms with Crippen molar-refractivity contribution in [3.05, 3.63) is 64.7 Å². The molecule has 0 heterocycles. The van der Waals surface area contributed by atoms with Gasteiger partial charge >= 0.3 is 0 Å². The minimum absolute atomic E-state index is 0.126. The Morgan fingerprint density at radius 1 is 1.20 bits per heavy atom. The molecule has 0 unspecified atom stereocenters. The van der Waals surface area contributed by atoms with E-state index in [4.69, 9.17) is 16.9 Å². The van der Waals surface area contributed by atoms with E-state index in [9.17, 15) is 9.59 Å². The number of benzene rings is 2. The molecule has 0 aliphatic rings. The van der Waals surface area contributed by atoms with Crippen LogP contribution in [0.15, 0.2) is 48.5 Å². The van der Waals surface area contributed by atoms with Crippen LogP contribution in [0.5, 0.6) is 0 Å². The maximum absolute atomic E-state index is 12.1. The van der Waals surface area contributed by atoms with Gasteiger partial charge in [-0.05, 0) is 29.8 Å². The number of nitrogens with one attached hydrogen (secondary N) is 1. The first-order valence-electron chi connectivity index (χ1n) is 7.78. The predicted molar refractivity (Wildman–Crippen MR) is 96.9 cm³/mol. The summed E-state index contributed by atoms with van der Waals surface area (Å²) in [5.74, 6) is -0.348. The van der Waals surface area contributed by atoms with Crippen LogP contribution in [0.25, 0.3) is 0 Å². The number of carbonyl (C=O) groups is 2. The molecule has 0 aromatic heterocycles. The molecule has 6 heteroatoms. The van der Waals surface area contributed by atoms with Crippen LogP contribution >= 0.6 is 11.6 Å². The van der Waals surface area contributed by atoms with Crippen molar-refractivity contribution in [3.8, 4) is 6.07 Å². The summed E-state index contributed by atoms with van der Waals surface area (Å²) >= 11 is 6.13. The van der Waals surface area contributed by atoms with Gasteiger partial charge in [0.05, 0.1) is 11.6 Å². The summed E-state index contributed by atoms with van der Waals surface area (Å²) in [6.45, 7) is 2.10. The second kappa shape index (κ2) is 8.86. The molecule has 25 heavy (non-hydrogen) atoms. The maximum Gasteiger partial charge on any atom is 0.226 e. The van der Waals surface area contributed by atoms with Crippen molar-refractivity contribution in [1.29, 1.82) is 5.26 Å². The monoisotopic (exact) mass is 355 g/mol. The summed E-state index contributed by atoms with van der Waals surface area (Å²) in [6, 6.07) is 16.0. The van der Waals surface area contributed by atoms with Gasteiger partial charge in [0, 0.05) is 37.1 Å². The van der Waals surface area contributed by atoms with Gasteiger partial charge in [-0.1, -0.05) is 35.9 Å². The molecule has 0 aliphatic carbocycles. The molecule has 0 radical (unpaired) electrons. The highest BCUT2D eigenvalue weighted by molar-refractivity contribution is 6.31. The maximum atomic E-state index is 12.1. The van der Waals surface area contributed by atoms with Crippen LogP contribution in [0.3, 0.4) is 0 Å². The van der Waals surface area contributed by atoms with Crippen molar-refractivity contribution in [2.45, 2.75) is 19.9 Å². The zero-order valence-electron chi connectivity index (χ0n) is 13.8. The number of nitriles is 1. The second-order valence-corrected chi connectivity index (χ2v) is 5.93. The SMILES string of the molecule is CC(=O)N(CCC(=O)Nc1cccc(C#N)c1)Cc1ccccc1Cl. The fraction of sp³-hybridized carbons (Fsp3) is 0.211. The Balaban J connectivity index is 1.94. The number of hydrogen-bond acceptors (Lipinski definition) is 3.